The summed E-state index contributed by atoms with van der Waals surface area (Å²) in [5.74, 6) is -0.187. The van der Waals surface area contributed by atoms with Crippen molar-refractivity contribution in [2.75, 3.05) is 47.0 Å². The van der Waals surface area contributed by atoms with E-state index >= 15 is 0 Å². The van der Waals surface area contributed by atoms with Crippen LogP contribution in [0.1, 0.15) is 28.8 Å². The number of nitrogens with one attached hydrogen (secondary N) is 2. The van der Waals surface area contributed by atoms with Gasteiger partial charge in [-0.25, -0.2) is 9.10 Å². The van der Waals surface area contributed by atoms with E-state index in [-0.39, 0.29) is 5.91 Å². The highest BCUT2D eigenvalue weighted by Gasteiger charge is 2.22. The van der Waals surface area contributed by atoms with E-state index in [1.165, 1.54) is 4.31 Å². The third-order valence-corrected chi connectivity index (χ3v) is 7.48. The van der Waals surface area contributed by atoms with Crippen LogP contribution in [0.3, 0.4) is 0 Å². The molecule has 3 aromatic rings. The Balaban J connectivity index is 1.36. The summed E-state index contributed by atoms with van der Waals surface area (Å²) in [6, 6.07) is 19.8. The first-order chi connectivity index (χ1) is 17.7. The van der Waals surface area contributed by atoms with Crippen molar-refractivity contribution in [3.8, 4) is 0 Å². The van der Waals surface area contributed by atoms with Gasteiger partial charge >= 0.3 is 6.03 Å². The van der Waals surface area contributed by atoms with Gasteiger partial charge in [0.2, 0.25) is 0 Å². The van der Waals surface area contributed by atoms with Crippen molar-refractivity contribution in [3.63, 3.8) is 0 Å². The summed E-state index contributed by atoms with van der Waals surface area (Å²) in [5, 5.41) is 6.30. The molecule has 0 unspecified atom stereocenters. The summed E-state index contributed by atoms with van der Waals surface area (Å²) >= 11 is 11.0. The maximum atomic E-state index is 12.8. The zero-order valence-corrected chi connectivity index (χ0v) is 22.9. The van der Waals surface area contributed by atoms with E-state index in [4.69, 9.17) is 11.6 Å². The molecule has 9 heteroatoms. The highest BCUT2D eigenvalue weighted by Crippen LogP contribution is 2.32. The third-order valence-electron chi connectivity index (χ3n) is 6.77. The molecule has 0 spiro atoms. The van der Waals surface area contributed by atoms with Gasteiger partial charge in [0.25, 0.3) is 5.91 Å². The second-order valence-electron chi connectivity index (χ2n) is 9.37. The lowest BCUT2D eigenvalue weighted by Gasteiger charge is -2.36. The van der Waals surface area contributed by atoms with Crippen LogP contribution in [-0.4, -0.2) is 50.1 Å². The number of amides is 3. The topological polar surface area (TPSA) is 67.9 Å². The number of thiol groups is 1. The number of halogens is 1. The Morgan fingerprint density at radius 3 is 2.27 bits per heavy atom. The minimum Gasteiger partial charge on any atom is -0.370 e. The first-order valence-corrected chi connectivity index (χ1v) is 13.0. The van der Waals surface area contributed by atoms with Gasteiger partial charge in [0, 0.05) is 30.0 Å². The second kappa shape index (κ2) is 11.9. The Morgan fingerprint density at radius 1 is 0.973 bits per heavy atom. The van der Waals surface area contributed by atoms with Gasteiger partial charge in [0.1, 0.15) is 0 Å². The van der Waals surface area contributed by atoms with Crippen LogP contribution >= 0.6 is 24.4 Å². The lowest BCUT2D eigenvalue weighted by atomic mass is 10.0. The summed E-state index contributed by atoms with van der Waals surface area (Å²) in [6.45, 7) is 4.03. The number of piperidine rings is 1. The average molecular weight is 538 g/mol. The number of nitrogens with zero attached hydrogens (tertiary/aromatic N) is 3. The molecule has 1 fully saturated rings. The van der Waals surface area contributed by atoms with Crippen molar-refractivity contribution in [3.05, 3.63) is 82.9 Å². The van der Waals surface area contributed by atoms with E-state index in [2.05, 4.69) is 47.3 Å². The van der Waals surface area contributed by atoms with Crippen LogP contribution in [0.25, 0.3) is 0 Å². The first-order valence-electron chi connectivity index (χ1n) is 12.2. The second-order valence-corrected chi connectivity index (χ2v) is 10.2. The number of hydrogen-bond donors (Lipinski definition) is 3. The molecule has 4 rings (SSSR count). The molecular formula is C28H32ClN5O2S. The van der Waals surface area contributed by atoms with Crippen LogP contribution in [0.2, 0.25) is 5.02 Å². The number of likely N-dealkylation sites (tertiary alicyclic amines) is 1. The quantitative estimate of drug-likeness (QED) is 0.322. The maximum Gasteiger partial charge on any atom is 0.336 e. The molecule has 194 valence electrons. The normalized spacial score (nSPS) is 14.2. The molecule has 0 atom stereocenters. The minimum absolute atomic E-state index is 0.187. The van der Waals surface area contributed by atoms with Gasteiger partial charge in [-0.3, -0.25) is 4.79 Å². The summed E-state index contributed by atoms with van der Waals surface area (Å²) < 4.78 is 1.21. The highest BCUT2D eigenvalue weighted by molar-refractivity contribution is 7.82. The molecular weight excluding hydrogens is 506 g/mol. The van der Waals surface area contributed by atoms with Gasteiger partial charge in [-0.15, -0.1) is 0 Å². The fourth-order valence-corrected chi connectivity index (χ4v) is 4.95. The summed E-state index contributed by atoms with van der Waals surface area (Å²) in [4.78, 5) is 29.9. The summed E-state index contributed by atoms with van der Waals surface area (Å²) in [7, 11) is 4.21. The van der Waals surface area contributed by atoms with Gasteiger partial charge < -0.3 is 20.4 Å². The van der Waals surface area contributed by atoms with Gasteiger partial charge in [-0.05, 0) is 94.0 Å². The van der Waals surface area contributed by atoms with Crippen LogP contribution in [0.5, 0.6) is 0 Å². The Hall–Kier alpha value is -3.20. The largest absolute Gasteiger partial charge is 0.370 e. The number of carbonyl (C=O) groups excluding carboxylic acids is 2. The first kappa shape index (κ1) is 26.9. The van der Waals surface area contributed by atoms with Crippen molar-refractivity contribution in [2.45, 2.75) is 25.8 Å². The highest BCUT2D eigenvalue weighted by atomic mass is 35.5. The van der Waals surface area contributed by atoms with Gasteiger partial charge in [-0.1, -0.05) is 42.6 Å². The van der Waals surface area contributed by atoms with Crippen molar-refractivity contribution in [1.29, 1.82) is 0 Å². The van der Waals surface area contributed by atoms with Crippen LogP contribution in [0.4, 0.5) is 27.5 Å². The zero-order chi connectivity index (χ0) is 26.5. The fourth-order valence-electron chi connectivity index (χ4n) is 4.46. The molecule has 7 nitrogen and oxygen atoms in total. The molecule has 0 bridgehead atoms. The summed E-state index contributed by atoms with van der Waals surface area (Å²) in [6.07, 6.45) is 2.18. The molecule has 0 aliphatic carbocycles. The zero-order valence-electron chi connectivity index (χ0n) is 21.2. The van der Waals surface area contributed by atoms with E-state index in [9.17, 15) is 9.59 Å². The molecule has 0 saturated carbocycles. The molecule has 1 aliphatic heterocycles. The average Bonchev–Trinajstić information content (AvgIpc) is 2.89. The van der Waals surface area contributed by atoms with Gasteiger partial charge in [0.15, 0.2) is 0 Å². The van der Waals surface area contributed by atoms with E-state index in [0.29, 0.717) is 33.7 Å². The van der Waals surface area contributed by atoms with Crippen molar-refractivity contribution in [2.24, 2.45) is 0 Å². The van der Waals surface area contributed by atoms with Gasteiger partial charge in [-0.2, -0.15) is 0 Å². The minimum atomic E-state index is -0.424. The lowest BCUT2D eigenvalue weighted by molar-refractivity contribution is 0.102. The predicted molar refractivity (Wildman–Crippen MR) is 156 cm³/mol. The molecule has 1 aliphatic rings. The Morgan fingerprint density at radius 2 is 1.62 bits per heavy atom. The van der Waals surface area contributed by atoms with Crippen LogP contribution in [-0.2, 0) is 0 Å². The number of urea groups is 1. The van der Waals surface area contributed by atoms with Crippen LogP contribution < -0.4 is 19.8 Å². The molecule has 2 N–H and O–H groups in total. The van der Waals surface area contributed by atoms with E-state index in [1.54, 1.807) is 36.4 Å². The predicted octanol–water partition coefficient (Wildman–Crippen LogP) is 6.31. The van der Waals surface area contributed by atoms with Crippen LogP contribution in [0.15, 0.2) is 66.7 Å². The molecule has 0 aromatic heterocycles. The molecule has 37 heavy (non-hydrogen) atoms. The SMILES string of the molecule is Cc1ccccc1C(=O)Nc1ccc(N(S)C(=O)Nc2ccc(N(C)C3CCN(C)CC3)c(Cl)c2)cc1. The fraction of sp³-hybridized carbons (Fsp3) is 0.286. The smallest absolute Gasteiger partial charge is 0.336 e. The Bertz CT molecular complexity index is 1260. The monoisotopic (exact) mass is 537 g/mol. The number of anilines is 4. The Labute approximate surface area is 228 Å². The molecule has 3 amide bonds. The standard InChI is InChI=1S/C28H32ClN5O2S/c1-19-6-4-5-7-24(19)27(35)30-20-8-11-23(12-9-20)34(37)28(36)31-21-10-13-26(25(29)18-21)33(3)22-14-16-32(2)17-15-22/h4-13,18,22,37H,14-17H2,1-3H3,(H,30,35)(H,31,36). The van der Waals surface area contributed by atoms with Crippen molar-refractivity contribution < 1.29 is 9.59 Å². The van der Waals surface area contributed by atoms with Crippen molar-refractivity contribution >= 4 is 59.1 Å². The van der Waals surface area contributed by atoms with Crippen molar-refractivity contribution in [1.82, 2.24) is 4.90 Å². The molecule has 1 heterocycles. The van der Waals surface area contributed by atoms with Gasteiger partial charge in [0.05, 0.1) is 16.4 Å². The number of rotatable bonds is 6. The maximum absolute atomic E-state index is 12.8. The number of aryl methyl sites for hydroxylation is 1. The number of hydrogen-bond acceptors (Lipinski definition) is 5. The third kappa shape index (κ3) is 6.57. The Kier molecular flexibility index (Phi) is 8.63. The summed E-state index contributed by atoms with van der Waals surface area (Å²) in [5.41, 5.74) is 4.21. The number of benzene rings is 3. The molecule has 1 saturated heterocycles. The lowest BCUT2D eigenvalue weighted by Crippen LogP contribution is -2.42. The van der Waals surface area contributed by atoms with Crippen LogP contribution in [0, 0.1) is 6.92 Å². The van der Waals surface area contributed by atoms with E-state index in [0.717, 1.165) is 37.2 Å². The van der Waals surface area contributed by atoms with E-state index < -0.39 is 6.03 Å². The van der Waals surface area contributed by atoms with E-state index in [1.807, 2.05) is 37.3 Å². The molecule has 0 radical (unpaired) electrons. The number of carbonyl (C=O) groups is 2. The molecule has 3 aromatic carbocycles.